The van der Waals surface area contributed by atoms with Crippen molar-refractivity contribution in [2.45, 2.75) is 32.2 Å². The van der Waals surface area contributed by atoms with E-state index in [1.54, 1.807) is 22.5 Å². The van der Waals surface area contributed by atoms with Crippen molar-refractivity contribution in [3.05, 3.63) is 50.1 Å². The first kappa shape index (κ1) is 12.2. The van der Waals surface area contributed by atoms with Gasteiger partial charge in [-0.2, -0.15) is 0 Å². The summed E-state index contributed by atoms with van der Waals surface area (Å²) in [6.07, 6.45) is 5.15. The molecule has 1 aliphatic rings. The SMILES string of the molecule is Brc1csc(CNc2cccc3c2CCCC3)c1. The number of hydrogen-bond acceptors (Lipinski definition) is 2. The molecule has 0 bridgehead atoms. The Balaban J connectivity index is 1.76. The molecule has 1 nitrogen and oxygen atoms in total. The van der Waals surface area contributed by atoms with Crippen LogP contribution in [0.5, 0.6) is 0 Å². The van der Waals surface area contributed by atoms with Gasteiger partial charge in [-0.15, -0.1) is 11.3 Å². The molecule has 1 aromatic carbocycles. The third kappa shape index (κ3) is 2.62. The Morgan fingerprint density at radius 1 is 1.22 bits per heavy atom. The summed E-state index contributed by atoms with van der Waals surface area (Å²) in [5.41, 5.74) is 4.41. The Labute approximate surface area is 120 Å². The number of nitrogens with one attached hydrogen (secondary N) is 1. The summed E-state index contributed by atoms with van der Waals surface area (Å²) in [6.45, 7) is 0.923. The predicted octanol–water partition coefficient (Wildman–Crippen LogP) is 5.00. The fourth-order valence-electron chi connectivity index (χ4n) is 2.58. The maximum absolute atomic E-state index is 3.59. The van der Waals surface area contributed by atoms with Crippen molar-refractivity contribution < 1.29 is 0 Å². The lowest BCUT2D eigenvalue weighted by Crippen LogP contribution is -2.08. The second-order valence-electron chi connectivity index (χ2n) is 4.74. The predicted molar refractivity (Wildman–Crippen MR) is 82.4 cm³/mol. The Kier molecular flexibility index (Phi) is 3.71. The van der Waals surface area contributed by atoms with E-state index < -0.39 is 0 Å². The molecule has 1 aromatic heterocycles. The molecule has 0 unspecified atom stereocenters. The molecule has 3 heteroatoms. The molecular formula is C15H16BrNS. The highest BCUT2D eigenvalue weighted by atomic mass is 79.9. The molecule has 1 heterocycles. The van der Waals surface area contributed by atoms with Gasteiger partial charge < -0.3 is 5.32 Å². The molecule has 0 atom stereocenters. The second-order valence-corrected chi connectivity index (χ2v) is 6.65. The summed E-state index contributed by atoms with van der Waals surface area (Å²) in [4.78, 5) is 1.37. The number of anilines is 1. The zero-order valence-electron chi connectivity index (χ0n) is 10.2. The van der Waals surface area contributed by atoms with Gasteiger partial charge in [-0.25, -0.2) is 0 Å². The van der Waals surface area contributed by atoms with Gasteiger partial charge >= 0.3 is 0 Å². The zero-order valence-corrected chi connectivity index (χ0v) is 12.6. The van der Waals surface area contributed by atoms with Gasteiger partial charge in [0, 0.05) is 27.0 Å². The second kappa shape index (κ2) is 5.45. The largest absolute Gasteiger partial charge is 0.380 e. The van der Waals surface area contributed by atoms with E-state index in [1.807, 2.05) is 0 Å². The van der Waals surface area contributed by atoms with Crippen molar-refractivity contribution in [1.29, 1.82) is 0 Å². The van der Waals surface area contributed by atoms with Gasteiger partial charge in [0.25, 0.3) is 0 Å². The first-order valence-corrected chi connectivity index (χ1v) is 8.08. The number of thiophene rings is 1. The molecule has 0 amide bonds. The van der Waals surface area contributed by atoms with Crippen molar-refractivity contribution >= 4 is 33.0 Å². The van der Waals surface area contributed by atoms with Crippen LogP contribution in [0.1, 0.15) is 28.8 Å². The number of rotatable bonds is 3. The van der Waals surface area contributed by atoms with Gasteiger partial charge in [-0.1, -0.05) is 12.1 Å². The molecule has 18 heavy (non-hydrogen) atoms. The first-order valence-electron chi connectivity index (χ1n) is 6.40. The highest BCUT2D eigenvalue weighted by Gasteiger charge is 2.12. The van der Waals surface area contributed by atoms with Crippen LogP contribution in [0.4, 0.5) is 5.69 Å². The topological polar surface area (TPSA) is 12.0 Å². The van der Waals surface area contributed by atoms with Gasteiger partial charge in [0.1, 0.15) is 0 Å². The Morgan fingerprint density at radius 2 is 2.11 bits per heavy atom. The van der Waals surface area contributed by atoms with Crippen LogP contribution in [0.2, 0.25) is 0 Å². The molecule has 0 aliphatic heterocycles. The number of benzene rings is 1. The van der Waals surface area contributed by atoms with E-state index in [1.165, 1.54) is 40.7 Å². The third-order valence-corrected chi connectivity index (χ3v) is 5.17. The standard InChI is InChI=1S/C15H16BrNS/c16-12-8-13(18-10-12)9-17-15-7-3-5-11-4-1-2-6-14(11)15/h3,5,7-8,10,17H,1-2,4,6,9H2. The maximum Gasteiger partial charge on any atom is 0.0494 e. The Hall–Kier alpha value is -0.800. The molecule has 2 aromatic rings. The number of hydrogen-bond donors (Lipinski definition) is 1. The number of halogens is 1. The van der Waals surface area contributed by atoms with Gasteiger partial charge in [0.15, 0.2) is 0 Å². The van der Waals surface area contributed by atoms with Crippen LogP contribution in [0.3, 0.4) is 0 Å². The van der Waals surface area contributed by atoms with Crippen molar-refractivity contribution in [2.75, 3.05) is 5.32 Å². The first-order chi connectivity index (χ1) is 8.83. The molecule has 3 rings (SSSR count). The Morgan fingerprint density at radius 3 is 2.94 bits per heavy atom. The maximum atomic E-state index is 3.59. The molecule has 94 valence electrons. The lowest BCUT2D eigenvalue weighted by atomic mass is 9.90. The molecular weight excluding hydrogens is 306 g/mol. The van der Waals surface area contributed by atoms with Crippen LogP contribution in [-0.4, -0.2) is 0 Å². The van der Waals surface area contributed by atoms with E-state index in [0.29, 0.717) is 0 Å². The minimum atomic E-state index is 0.923. The molecule has 0 saturated carbocycles. The third-order valence-electron chi connectivity index (χ3n) is 3.47. The van der Waals surface area contributed by atoms with E-state index in [2.05, 4.69) is 50.9 Å². The molecule has 0 radical (unpaired) electrons. The lowest BCUT2D eigenvalue weighted by molar-refractivity contribution is 0.686. The lowest BCUT2D eigenvalue weighted by Gasteiger charge is -2.19. The summed E-state index contributed by atoms with van der Waals surface area (Å²) in [5, 5.41) is 5.73. The van der Waals surface area contributed by atoms with Crippen LogP contribution in [0.15, 0.2) is 34.1 Å². The number of fused-ring (bicyclic) bond motifs is 1. The average Bonchev–Trinajstić information content (AvgIpc) is 2.82. The van der Waals surface area contributed by atoms with Crippen molar-refractivity contribution in [1.82, 2.24) is 0 Å². The monoisotopic (exact) mass is 321 g/mol. The smallest absolute Gasteiger partial charge is 0.0494 e. The summed E-state index contributed by atoms with van der Waals surface area (Å²) in [6, 6.07) is 8.86. The fourth-order valence-corrected chi connectivity index (χ4v) is 3.97. The molecule has 0 saturated heterocycles. The van der Waals surface area contributed by atoms with Gasteiger partial charge in [0.2, 0.25) is 0 Å². The van der Waals surface area contributed by atoms with Crippen molar-refractivity contribution in [3.63, 3.8) is 0 Å². The van der Waals surface area contributed by atoms with E-state index in [4.69, 9.17) is 0 Å². The highest BCUT2D eigenvalue weighted by molar-refractivity contribution is 9.10. The van der Waals surface area contributed by atoms with Gasteiger partial charge in [0.05, 0.1) is 0 Å². The van der Waals surface area contributed by atoms with Gasteiger partial charge in [-0.05, 0) is 64.9 Å². The van der Waals surface area contributed by atoms with Crippen LogP contribution >= 0.6 is 27.3 Å². The summed E-state index contributed by atoms with van der Waals surface area (Å²) >= 11 is 5.30. The minimum absolute atomic E-state index is 0.923. The molecule has 1 N–H and O–H groups in total. The van der Waals surface area contributed by atoms with Crippen LogP contribution in [0, 0.1) is 0 Å². The average molecular weight is 322 g/mol. The zero-order chi connectivity index (χ0) is 12.4. The molecule has 0 fully saturated rings. The van der Waals surface area contributed by atoms with Crippen molar-refractivity contribution in [3.8, 4) is 0 Å². The summed E-state index contributed by atoms with van der Waals surface area (Å²) < 4.78 is 1.18. The summed E-state index contributed by atoms with van der Waals surface area (Å²) in [7, 11) is 0. The highest BCUT2D eigenvalue weighted by Crippen LogP contribution is 2.28. The Bertz CT molecular complexity index is 547. The molecule has 1 aliphatic carbocycles. The van der Waals surface area contributed by atoms with Crippen molar-refractivity contribution in [2.24, 2.45) is 0 Å². The van der Waals surface area contributed by atoms with Crippen LogP contribution < -0.4 is 5.32 Å². The van der Waals surface area contributed by atoms with Gasteiger partial charge in [-0.3, -0.25) is 0 Å². The fraction of sp³-hybridized carbons (Fsp3) is 0.333. The normalized spacial score (nSPS) is 14.3. The molecule has 0 spiro atoms. The van der Waals surface area contributed by atoms with Crippen LogP contribution in [-0.2, 0) is 19.4 Å². The van der Waals surface area contributed by atoms with E-state index in [-0.39, 0.29) is 0 Å². The van der Waals surface area contributed by atoms with E-state index in [9.17, 15) is 0 Å². The van der Waals surface area contributed by atoms with E-state index >= 15 is 0 Å². The number of aryl methyl sites for hydroxylation is 1. The summed E-state index contributed by atoms with van der Waals surface area (Å²) in [5.74, 6) is 0. The van der Waals surface area contributed by atoms with E-state index in [0.717, 1.165) is 6.54 Å². The quantitative estimate of drug-likeness (QED) is 0.838. The minimum Gasteiger partial charge on any atom is -0.380 e. The van der Waals surface area contributed by atoms with Crippen LogP contribution in [0.25, 0.3) is 0 Å².